The number of hydrogen-bond acceptors (Lipinski definition) is 3. The molecule has 0 aliphatic rings. The maximum absolute atomic E-state index is 13.6. The fraction of sp³-hybridized carbons (Fsp3) is 0.118. The van der Waals surface area contributed by atoms with Crippen LogP contribution in [0.1, 0.15) is 15.9 Å². The Morgan fingerprint density at radius 1 is 1.09 bits per heavy atom. The molecule has 0 spiro atoms. The highest BCUT2D eigenvalue weighted by atomic mass is 79.9. The van der Waals surface area contributed by atoms with Gasteiger partial charge in [0.2, 0.25) is 0 Å². The number of ketones is 1. The van der Waals surface area contributed by atoms with Gasteiger partial charge in [0.1, 0.15) is 11.6 Å². The highest BCUT2D eigenvalue weighted by Gasteiger charge is 2.15. The van der Waals surface area contributed by atoms with Crippen LogP contribution in [0.4, 0.5) is 8.78 Å². The number of methoxy groups -OCH3 is 2. The molecule has 0 atom stereocenters. The molecule has 0 aliphatic carbocycles. The minimum absolute atomic E-state index is 0.472. The summed E-state index contributed by atoms with van der Waals surface area (Å²) < 4.78 is 38.1. The van der Waals surface area contributed by atoms with E-state index < -0.39 is 23.0 Å². The van der Waals surface area contributed by atoms with Crippen molar-refractivity contribution in [2.45, 2.75) is 0 Å². The molecule has 6 heteroatoms. The zero-order chi connectivity index (χ0) is 17.0. The number of benzene rings is 2. The molecule has 0 unspecified atom stereocenters. The van der Waals surface area contributed by atoms with Crippen LogP contribution >= 0.6 is 15.9 Å². The lowest BCUT2D eigenvalue weighted by Gasteiger charge is -2.09. The lowest BCUT2D eigenvalue weighted by Crippen LogP contribution is -2.02. The predicted octanol–water partition coefficient (Wildman–Crippen LogP) is 4.64. The van der Waals surface area contributed by atoms with Gasteiger partial charge in [0.15, 0.2) is 17.3 Å². The molecule has 3 nitrogen and oxygen atoms in total. The second kappa shape index (κ2) is 7.37. The first-order valence-electron chi connectivity index (χ1n) is 6.56. The Kier molecular flexibility index (Phi) is 5.50. The van der Waals surface area contributed by atoms with Gasteiger partial charge in [0.25, 0.3) is 0 Å². The number of carbonyl (C=O) groups excluding carboxylic acids is 1. The zero-order valence-electron chi connectivity index (χ0n) is 12.4. The minimum Gasteiger partial charge on any atom is -0.493 e. The van der Waals surface area contributed by atoms with Crippen LogP contribution in [-0.4, -0.2) is 20.0 Å². The van der Waals surface area contributed by atoms with Crippen LogP contribution in [-0.2, 0) is 0 Å². The fourth-order valence-corrected chi connectivity index (χ4v) is 2.43. The van der Waals surface area contributed by atoms with Crippen LogP contribution in [0.2, 0.25) is 0 Å². The Labute approximate surface area is 140 Å². The van der Waals surface area contributed by atoms with E-state index in [1.165, 1.54) is 26.4 Å². The van der Waals surface area contributed by atoms with Gasteiger partial charge in [-0.05, 0) is 42.0 Å². The van der Waals surface area contributed by atoms with E-state index in [2.05, 4.69) is 15.9 Å². The maximum Gasteiger partial charge on any atom is 0.191 e. The topological polar surface area (TPSA) is 35.5 Å². The van der Waals surface area contributed by atoms with Gasteiger partial charge in [-0.2, -0.15) is 0 Å². The van der Waals surface area contributed by atoms with Gasteiger partial charge < -0.3 is 9.47 Å². The molecule has 0 saturated carbocycles. The van der Waals surface area contributed by atoms with Crippen molar-refractivity contribution in [2.75, 3.05) is 14.2 Å². The van der Waals surface area contributed by atoms with E-state index >= 15 is 0 Å². The molecule has 0 fully saturated rings. The van der Waals surface area contributed by atoms with Gasteiger partial charge in [-0.25, -0.2) is 8.78 Å². The molecular weight excluding hydrogens is 370 g/mol. The van der Waals surface area contributed by atoms with Crippen LogP contribution in [0, 0.1) is 11.6 Å². The van der Waals surface area contributed by atoms with Crippen molar-refractivity contribution in [3.05, 3.63) is 63.6 Å². The number of carbonyl (C=O) groups is 1. The van der Waals surface area contributed by atoms with Gasteiger partial charge in [-0.15, -0.1) is 0 Å². The quantitative estimate of drug-likeness (QED) is 0.558. The Bertz CT molecular complexity index is 752. The van der Waals surface area contributed by atoms with Crippen molar-refractivity contribution in [3.8, 4) is 11.5 Å². The molecule has 0 bridgehead atoms. The van der Waals surface area contributed by atoms with E-state index in [4.69, 9.17) is 9.47 Å². The first kappa shape index (κ1) is 17.1. The number of halogens is 3. The first-order valence-corrected chi connectivity index (χ1v) is 7.35. The van der Waals surface area contributed by atoms with Crippen LogP contribution < -0.4 is 9.47 Å². The van der Waals surface area contributed by atoms with E-state index in [1.54, 1.807) is 12.1 Å². The van der Waals surface area contributed by atoms with Crippen molar-refractivity contribution < 1.29 is 23.0 Å². The third-order valence-electron chi connectivity index (χ3n) is 3.13. The van der Waals surface area contributed by atoms with Crippen molar-refractivity contribution >= 4 is 27.8 Å². The van der Waals surface area contributed by atoms with Gasteiger partial charge >= 0.3 is 0 Å². The van der Waals surface area contributed by atoms with E-state index in [9.17, 15) is 13.6 Å². The molecule has 120 valence electrons. The summed E-state index contributed by atoms with van der Waals surface area (Å²) in [5.41, 5.74) is 0.0214. The van der Waals surface area contributed by atoms with E-state index in [-0.39, 0.29) is 0 Å². The average Bonchev–Trinajstić information content (AvgIpc) is 2.53. The Hall–Kier alpha value is -2.21. The van der Waals surface area contributed by atoms with Gasteiger partial charge in [-0.1, -0.05) is 22.0 Å². The molecule has 2 aromatic rings. The summed E-state index contributed by atoms with van der Waals surface area (Å²) in [7, 11) is 2.99. The fourth-order valence-electron chi connectivity index (χ4n) is 1.98. The molecule has 0 amide bonds. The number of allylic oxidation sites excluding steroid dienone is 1. The highest BCUT2D eigenvalue weighted by molar-refractivity contribution is 9.10. The maximum atomic E-state index is 13.6. The lowest BCUT2D eigenvalue weighted by molar-refractivity contribution is 0.104. The molecule has 23 heavy (non-hydrogen) atoms. The van der Waals surface area contributed by atoms with Crippen LogP contribution in [0.15, 0.2) is 40.9 Å². The third kappa shape index (κ3) is 3.76. The summed E-state index contributed by atoms with van der Waals surface area (Å²) in [5, 5.41) is 0. The Morgan fingerprint density at radius 3 is 2.22 bits per heavy atom. The second-order valence-electron chi connectivity index (χ2n) is 4.52. The summed E-state index contributed by atoms with van der Waals surface area (Å²) in [6, 6.07) is 6.60. The molecule has 2 rings (SSSR count). The summed E-state index contributed by atoms with van der Waals surface area (Å²) in [4.78, 5) is 12.0. The van der Waals surface area contributed by atoms with Crippen LogP contribution in [0.5, 0.6) is 11.5 Å². The van der Waals surface area contributed by atoms with Crippen molar-refractivity contribution in [1.29, 1.82) is 0 Å². The highest BCUT2D eigenvalue weighted by Crippen LogP contribution is 2.34. The standard InChI is InChI=1S/C17H13BrF2O3/c1-22-15-8-10(11(18)9-16(15)23-2)6-7-14(21)17-12(19)4-3-5-13(17)20/h3-9H,1-2H3/b7-6+. The van der Waals surface area contributed by atoms with E-state index in [0.717, 1.165) is 18.2 Å². The summed E-state index contributed by atoms with van der Waals surface area (Å²) in [6.45, 7) is 0. The molecule has 0 aromatic heterocycles. The Morgan fingerprint density at radius 2 is 1.65 bits per heavy atom. The predicted molar refractivity (Wildman–Crippen MR) is 87.0 cm³/mol. The van der Waals surface area contributed by atoms with Crippen molar-refractivity contribution in [2.24, 2.45) is 0 Å². The SMILES string of the molecule is COc1cc(Br)c(/C=C/C(=O)c2c(F)cccc2F)cc1OC. The van der Waals surface area contributed by atoms with Crippen molar-refractivity contribution in [3.63, 3.8) is 0 Å². The molecular formula is C17H13BrF2O3. The van der Waals surface area contributed by atoms with Gasteiger partial charge in [-0.3, -0.25) is 4.79 Å². The molecule has 0 aliphatic heterocycles. The lowest BCUT2D eigenvalue weighted by atomic mass is 10.1. The molecule has 0 N–H and O–H groups in total. The van der Waals surface area contributed by atoms with Crippen LogP contribution in [0.25, 0.3) is 6.08 Å². The summed E-state index contributed by atoms with van der Waals surface area (Å²) in [5.74, 6) is -1.57. The third-order valence-corrected chi connectivity index (χ3v) is 3.81. The molecule has 0 saturated heterocycles. The summed E-state index contributed by atoms with van der Waals surface area (Å²) in [6.07, 6.45) is 2.55. The first-order chi connectivity index (χ1) is 11.0. The average molecular weight is 383 g/mol. The van der Waals surface area contributed by atoms with E-state index in [1.807, 2.05) is 0 Å². The number of ether oxygens (including phenoxy) is 2. The second-order valence-corrected chi connectivity index (χ2v) is 5.38. The van der Waals surface area contributed by atoms with Crippen molar-refractivity contribution in [1.82, 2.24) is 0 Å². The largest absolute Gasteiger partial charge is 0.493 e. The van der Waals surface area contributed by atoms with Gasteiger partial charge in [0.05, 0.1) is 19.8 Å². The smallest absolute Gasteiger partial charge is 0.191 e. The zero-order valence-corrected chi connectivity index (χ0v) is 14.0. The van der Waals surface area contributed by atoms with E-state index in [0.29, 0.717) is 21.5 Å². The minimum atomic E-state index is -0.897. The molecule has 0 heterocycles. The number of hydrogen-bond donors (Lipinski definition) is 0. The molecule has 0 radical (unpaired) electrons. The Balaban J connectivity index is 2.35. The number of rotatable bonds is 5. The normalized spacial score (nSPS) is 10.8. The van der Waals surface area contributed by atoms with Gasteiger partial charge in [0, 0.05) is 4.47 Å². The monoisotopic (exact) mass is 382 g/mol. The molecule has 2 aromatic carbocycles. The van der Waals surface area contributed by atoms with Crippen LogP contribution in [0.3, 0.4) is 0 Å². The summed E-state index contributed by atoms with van der Waals surface area (Å²) >= 11 is 3.34.